The highest BCUT2D eigenvalue weighted by atomic mass is 32.1. The van der Waals surface area contributed by atoms with E-state index in [9.17, 15) is 9.59 Å². The van der Waals surface area contributed by atoms with Gasteiger partial charge in [-0.1, -0.05) is 12.1 Å². The lowest BCUT2D eigenvalue weighted by Crippen LogP contribution is -2.23. The molecule has 0 aliphatic carbocycles. The zero-order chi connectivity index (χ0) is 15.5. The van der Waals surface area contributed by atoms with Gasteiger partial charge < -0.3 is 15.2 Å². The van der Waals surface area contributed by atoms with Crippen molar-refractivity contribution >= 4 is 41.1 Å². The Hall–Kier alpha value is -2.86. The molecule has 0 fully saturated rings. The summed E-state index contributed by atoms with van der Waals surface area (Å²) < 4.78 is 5.60. The minimum atomic E-state index is -1.00. The van der Waals surface area contributed by atoms with E-state index in [2.05, 4.69) is 5.32 Å². The Morgan fingerprint density at radius 1 is 1.32 bits per heavy atom. The first-order valence-corrected chi connectivity index (χ1v) is 7.29. The molecule has 1 aromatic carbocycles. The summed E-state index contributed by atoms with van der Waals surface area (Å²) in [7, 11) is 0. The number of anilines is 1. The minimum absolute atomic E-state index is 0.203. The number of hydrogen-bond donors (Lipinski definition) is 2. The van der Waals surface area contributed by atoms with E-state index in [-0.39, 0.29) is 11.7 Å². The predicted molar refractivity (Wildman–Crippen MR) is 84.7 cm³/mol. The third-order valence-corrected chi connectivity index (χ3v) is 3.81. The monoisotopic (exact) mass is 313 g/mol. The highest BCUT2D eigenvalue weighted by molar-refractivity contribution is 7.11. The maximum absolute atomic E-state index is 12.0. The van der Waals surface area contributed by atoms with Crippen LogP contribution in [0, 0.1) is 0 Å². The molecule has 0 saturated heterocycles. The number of thiophene rings is 1. The van der Waals surface area contributed by atoms with Gasteiger partial charge in [-0.05, 0) is 35.2 Å². The molecule has 0 bridgehead atoms. The summed E-state index contributed by atoms with van der Waals surface area (Å²) in [5, 5.41) is 13.2. The third-order valence-electron chi connectivity index (χ3n) is 2.91. The number of carboxylic acid groups (broad SMARTS) is 1. The Labute approximate surface area is 130 Å². The van der Waals surface area contributed by atoms with Crippen molar-refractivity contribution in [2.45, 2.75) is 0 Å². The van der Waals surface area contributed by atoms with Crippen molar-refractivity contribution in [3.63, 3.8) is 0 Å². The van der Waals surface area contributed by atoms with Gasteiger partial charge in [-0.15, -0.1) is 11.3 Å². The van der Waals surface area contributed by atoms with Gasteiger partial charge in [-0.2, -0.15) is 0 Å². The molecular weight excluding hydrogens is 302 g/mol. The summed E-state index contributed by atoms with van der Waals surface area (Å²) in [4.78, 5) is 23.3. The summed E-state index contributed by atoms with van der Waals surface area (Å²) >= 11 is 1.40. The molecule has 2 N–H and O–H groups in total. The second kappa shape index (κ2) is 5.87. The van der Waals surface area contributed by atoms with Crippen LogP contribution < -0.4 is 10.1 Å². The van der Waals surface area contributed by atoms with Crippen molar-refractivity contribution in [1.29, 1.82) is 0 Å². The Morgan fingerprint density at radius 2 is 2.14 bits per heavy atom. The lowest BCUT2D eigenvalue weighted by molar-refractivity contribution is -0.131. The van der Waals surface area contributed by atoms with Crippen LogP contribution in [0.1, 0.15) is 10.4 Å². The first kappa shape index (κ1) is 14.1. The quantitative estimate of drug-likeness (QED) is 0.853. The largest absolute Gasteiger partial charge is 0.478 e. The molecular formula is C16H11NO4S. The van der Waals surface area contributed by atoms with E-state index in [1.807, 2.05) is 12.1 Å². The van der Waals surface area contributed by atoms with Gasteiger partial charge in [-0.3, -0.25) is 4.79 Å². The number of carbonyl (C=O) groups is 2. The van der Waals surface area contributed by atoms with E-state index in [0.29, 0.717) is 11.4 Å². The topological polar surface area (TPSA) is 75.6 Å². The van der Waals surface area contributed by atoms with Crippen LogP contribution in [0.2, 0.25) is 0 Å². The van der Waals surface area contributed by atoms with Crippen LogP contribution in [0.15, 0.2) is 47.5 Å². The summed E-state index contributed by atoms with van der Waals surface area (Å²) in [5.74, 6) is -0.516. The van der Waals surface area contributed by atoms with Crippen LogP contribution in [-0.4, -0.2) is 17.0 Å². The fourth-order valence-corrected chi connectivity index (χ4v) is 2.73. The Bertz CT molecular complexity index is 804. The highest BCUT2D eigenvalue weighted by Gasteiger charge is 2.21. The van der Waals surface area contributed by atoms with Crippen LogP contribution in [0.3, 0.4) is 0 Å². The molecule has 2 aromatic rings. The normalized spacial score (nSPS) is 15.5. The molecule has 1 aromatic heterocycles. The van der Waals surface area contributed by atoms with E-state index in [1.165, 1.54) is 17.4 Å². The van der Waals surface area contributed by atoms with Crippen LogP contribution in [-0.2, 0) is 9.59 Å². The number of amides is 1. The number of carbonyl (C=O) groups excluding carboxylic acids is 1. The van der Waals surface area contributed by atoms with Crippen molar-refractivity contribution in [3.8, 4) is 5.75 Å². The molecule has 1 aliphatic heterocycles. The molecule has 5 nitrogen and oxygen atoms in total. The predicted octanol–water partition coefficient (Wildman–Crippen LogP) is 3.22. The molecule has 0 unspecified atom stereocenters. The summed E-state index contributed by atoms with van der Waals surface area (Å²) in [6, 6.07) is 8.97. The van der Waals surface area contributed by atoms with Crippen LogP contribution in [0.25, 0.3) is 12.2 Å². The van der Waals surface area contributed by atoms with E-state index < -0.39 is 5.97 Å². The number of nitrogens with one attached hydrogen (secondary N) is 1. The van der Waals surface area contributed by atoms with Crippen LogP contribution in [0.5, 0.6) is 5.75 Å². The van der Waals surface area contributed by atoms with Gasteiger partial charge in [0.1, 0.15) is 0 Å². The molecule has 2 heterocycles. The number of benzene rings is 1. The fraction of sp³-hybridized carbons (Fsp3) is 0. The zero-order valence-corrected chi connectivity index (χ0v) is 12.1. The second-order valence-corrected chi connectivity index (χ2v) is 5.46. The first-order chi connectivity index (χ1) is 10.6. The number of aliphatic carboxylic acids is 1. The number of fused-ring (bicyclic) bond motifs is 1. The second-order valence-electron chi connectivity index (χ2n) is 4.51. The number of para-hydroxylation sites is 2. The van der Waals surface area contributed by atoms with E-state index in [0.717, 1.165) is 16.5 Å². The molecule has 1 aliphatic rings. The molecule has 3 rings (SSSR count). The fourth-order valence-electron chi connectivity index (χ4n) is 1.93. The third kappa shape index (κ3) is 3.07. The van der Waals surface area contributed by atoms with Crippen molar-refractivity contribution in [2.24, 2.45) is 0 Å². The van der Waals surface area contributed by atoms with Crippen LogP contribution in [0.4, 0.5) is 5.69 Å². The first-order valence-electron chi connectivity index (χ1n) is 6.41. The van der Waals surface area contributed by atoms with Gasteiger partial charge in [0.25, 0.3) is 5.91 Å². The molecule has 6 heteroatoms. The maximum Gasteiger partial charge on any atom is 0.328 e. The highest BCUT2D eigenvalue weighted by Crippen LogP contribution is 2.31. The smallest absolute Gasteiger partial charge is 0.328 e. The van der Waals surface area contributed by atoms with Crippen molar-refractivity contribution < 1.29 is 19.4 Å². The Morgan fingerprint density at radius 3 is 2.95 bits per heavy atom. The molecule has 110 valence electrons. The van der Waals surface area contributed by atoms with Crippen molar-refractivity contribution in [2.75, 3.05) is 5.32 Å². The molecule has 1 amide bonds. The Kier molecular flexibility index (Phi) is 3.76. The van der Waals surface area contributed by atoms with Crippen molar-refractivity contribution in [1.82, 2.24) is 0 Å². The molecule has 0 radical (unpaired) electrons. The lowest BCUT2D eigenvalue weighted by Gasteiger charge is -2.19. The standard InChI is InChI=1S/C16H11NO4S/c18-15(19)6-5-10-7-11(22-9-10)8-14-16(20)17-12-3-1-2-4-13(12)21-14/h1-9H,(H,17,20)(H,18,19)/b6-5+,14-8-. The van der Waals surface area contributed by atoms with Gasteiger partial charge in [0.2, 0.25) is 0 Å². The summed E-state index contributed by atoms with van der Waals surface area (Å²) in [6.45, 7) is 0. The molecule has 0 atom stereocenters. The van der Waals surface area contributed by atoms with E-state index >= 15 is 0 Å². The molecule has 0 spiro atoms. The minimum Gasteiger partial charge on any atom is -0.478 e. The van der Waals surface area contributed by atoms with Crippen molar-refractivity contribution in [3.05, 3.63) is 58.0 Å². The van der Waals surface area contributed by atoms with Gasteiger partial charge in [0.05, 0.1) is 5.69 Å². The van der Waals surface area contributed by atoms with Crippen LogP contribution >= 0.6 is 11.3 Å². The number of carboxylic acids is 1. The summed E-state index contributed by atoms with van der Waals surface area (Å²) in [6.07, 6.45) is 4.20. The molecule has 0 saturated carbocycles. The SMILES string of the molecule is O=C(O)/C=C/c1csc(/C=C2\Oc3ccccc3NC2=O)c1. The zero-order valence-electron chi connectivity index (χ0n) is 11.3. The van der Waals surface area contributed by atoms with Gasteiger partial charge in [0.15, 0.2) is 11.5 Å². The van der Waals surface area contributed by atoms with Gasteiger partial charge in [-0.25, -0.2) is 4.79 Å². The lowest BCUT2D eigenvalue weighted by atomic mass is 10.2. The number of hydrogen-bond acceptors (Lipinski definition) is 4. The summed E-state index contributed by atoms with van der Waals surface area (Å²) in [5.41, 5.74) is 1.40. The Balaban J connectivity index is 1.84. The van der Waals surface area contributed by atoms with Gasteiger partial charge in [0, 0.05) is 17.0 Å². The average molecular weight is 313 g/mol. The van der Waals surface area contributed by atoms with E-state index in [4.69, 9.17) is 9.84 Å². The molecule has 22 heavy (non-hydrogen) atoms. The average Bonchev–Trinajstić information content (AvgIpc) is 2.93. The maximum atomic E-state index is 12.0. The van der Waals surface area contributed by atoms with E-state index in [1.54, 1.807) is 29.7 Å². The van der Waals surface area contributed by atoms with Gasteiger partial charge >= 0.3 is 5.97 Å². The number of rotatable bonds is 3. The number of ether oxygens (including phenoxy) is 1.